The van der Waals surface area contributed by atoms with Crippen molar-refractivity contribution in [2.24, 2.45) is 0 Å². The van der Waals surface area contributed by atoms with Crippen molar-refractivity contribution < 1.29 is 9.72 Å². The molecule has 0 saturated carbocycles. The van der Waals surface area contributed by atoms with Crippen molar-refractivity contribution in [3.05, 3.63) is 75.9 Å². The molecule has 1 N–H and O–H groups in total. The highest BCUT2D eigenvalue weighted by molar-refractivity contribution is 7.13. The first-order valence-electron chi connectivity index (χ1n) is 7.56. The molecule has 0 unspecified atom stereocenters. The third kappa shape index (κ3) is 2.70. The summed E-state index contributed by atoms with van der Waals surface area (Å²) in [6.07, 6.45) is 3.01. The zero-order valence-corrected chi connectivity index (χ0v) is 14.0. The number of nitro benzene ring substituents is 1. The van der Waals surface area contributed by atoms with Crippen molar-refractivity contribution >= 4 is 34.3 Å². The second-order valence-corrected chi connectivity index (χ2v) is 6.28. The van der Waals surface area contributed by atoms with Crippen molar-refractivity contribution in [3.8, 4) is 10.6 Å². The van der Waals surface area contributed by atoms with E-state index in [1.54, 1.807) is 28.1 Å². The summed E-state index contributed by atoms with van der Waals surface area (Å²) in [6.45, 7) is 0. The average molecular weight is 365 g/mol. The molecule has 0 bridgehead atoms. The Balaban J connectivity index is 1.73. The van der Waals surface area contributed by atoms with Gasteiger partial charge < -0.3 is 5.32 Å². The molecule has 0 spiro atoms. The topological polar surface area (TPSA) is 102 Å². The summed E-state index contributed by atoms with van der Waals surface area (Å²) in [5.74, 6) is -0.509. The molecule has 0 radical (unpaired) electrons. The number of amides is 1. The molecular formula is C17H11N5O3S. The van der Waals surface area contributed by atoms with Gasteiger partial charge in [0, 0.05) is 12.3 Å². The Morgan fingerprint density at radius 3 is 2.81 bits per heavy atom. The summed E-state index contributed by atoms with van der Waals surface area (Å²) in [5.41, 5.74) is 1.38. The van der Waals surface area contributed by atoms with Gasteiger partial charge in [0.25, 0.3) is 11.6 Å². The Kier molecular flexibility index (Phi) is 3.90. The zero-order valence-electron chi connectivity index (χ0n) is 13.2. The molecule has 0 aliphatic rings. The van der Waals surface area contributed by atoms with Crippen LogP contribution in [0, 0.1) is 10.1 Å². The van der Waals surface area contributed by atoms with E-state index >= 15 is 0 Å². The van der Waals surface area contributed by atoms with Gasteiger partial charge in [-0.3, -0.25) is 14.9 Å². The van der Waals surface area contributed by atoms with Crippen LogP contribution in [0.2, 0.25) is 0 Å². The van der Waals surface area contributed by atoms with Gasteiger partial charge in [-0.05, 0) is 23.6 Å². The molecule has 0 saturated heterocycles. The number of para-hydroxylation sites is 2. The van der Waals surface area contributed by atoms with Crippen LogP contribution in [-0.2, 0) is 0 Å². The lowest BCUT2D eigenvalue weighted by Gasteiger charge is -2.05. The Labute approximate surface area is 150 Å². The lowest BCUT2D eigenvalue weighted by molar-refractivity contribution is -0.383. The zero-order chi connectivity index (χ0) is 18.1. The van der Waals surface area contributed by atoms with Crippen LogP contribution in [0.25, 0.3) is 16.2 Å². The van der Waals surface area contributed by atoms with Crippen LogP contribution in [0.4, 0.5) is 11.4 Å². The Hall–Kier alpha value is -3.59. The van der Waals surface area contributed by atoms with Crippen molar-refractivity contribution in [1.82, 2.24) is 14.6 Å². The van der Waals surface area contributed by atoms with E-state index in [4.69, 9.17) is 0 Å². The SMILES string of the molecule is O=C(Nc1ccccc1[N+](=O)[O-])c1cnn2c(-c3cccs3)ccnc12. The van der Waals surface area contributed by atoms with Crippen molar-refractivity contribution in [2.45, 2.75) is 0 Å². The van der Waals surface area contributed by atoms with Crippen molar-refractivity contribution in [3.63, 3.8) is 0 Å². The normalized spacial score (nSPS) is 10.8. The molecule has 26 heavy (non-hydrogen) atoms. The third-order valence-electron chi connectivity index (χ3n) is 3.77. The average Bonchev–Trinajstić information content (AvgIpc) is 3.31. The highest BCUT2D eigenvalue weighted by Crippen LogP contribution is 2.27. The van der Waals surface area contributed by atoms with Crippen LogP contribution in [0.5, 0.6) is 0 Å². The van der Waals surface area contributed by atoms with Gasteiger partial charge in [0.1, 0.15) is 11.3 Å². The van der Waals surface area contributed by atoms with Gasteiger partial charge in [-0.15, -0.1) is 11.3 Å². The summed E-state index contributed by atoms with van der Waals surface area (Å²) in [4.78, 5) is 28.4. The number of nitro groups is 1. The van der Waals surface area contributed by atoms with E-state index in [0.717, 1.165) is 10.6 Å². The van der Waals surface area contributed by atoms with Gasteiger partial charge in [0.05, 0.1) is 21.7 Å². The molecule has 4 rings (SSSR count). The first-order chi connectivity index (χ1) is 12.6. The van der Waals surface area contributed by atoms with Gasteiger partial charge in [0.15, 0.2) is 5.65 Å². The van der Waals surface area contributed by atoms with E-state index in [1.807, 2.05) is 23.6 Å². The maximum atomic E-state index is 12.6. The standard InChI is InChI=1S/C17H11N5O3S/c23-17(20-12-4-1-2-5-13(12)22(24)25)11-10-19-21-14(7-8-18-16(11)21)15-6-3-9-26-15/h1-10H,(H,20,23). The number of fused-ring (bicyclic) bond motifs is 1. The van der Waals surface area contributed by atoms with Crippen molar-refractivity contribution in [2.75, 3.05) is 5.32 Å². The van der Waals surface area contributed by atoms with Gasteiger partial charge in [-0.2, -0.15) is 5.10 Å². The van der Waals surface area contributed by atoms with E-state index in [-0.39, 0.29) is 16.9 Å². The minimum Gasteiger partial charge on any atom is -0.316 e. The summed E-state index contributed by atoms with van der Waals surface area (Å²) in [5, 5.41) is 19.9. The van der Waals surface area contributed by atoms with E-state index in [0.29, 0.717) is 5.65 Å². The molecule has 3 aromatic heterocycles. The second kappa shape index (κ2) is 6.37. The second-order valence-electron chi connectivity index (χ2n) is 5.33. The molecule has 4 aromatic rings. The van der Waals surface area contributed by atoms with Gasteiger partial charge in [-0.1, -0.05) is 18.2 Å². The Morgan fingerprint density at radius 1 is 1.19 bits per heavy atom. The lowest BCUT2D eigenvalue weighted by atomic mass is 10.2. The van der Waals surface area contributed by atoms with E-state index in [9.17, 15) is 14.9 Å². The monoisotopic (exact) mass is 365 g/mol. The van der Waals surface area contributed by atoms with Crippen LogP contribution >= 0.6 is 11.3 Å². The minimum absolute atomic E-state index is 0.122. The number of hydrogen-bond acceptors (Lipinski definition) is 6. The van der Waals surface area contributed by atoms with E-state index < -0.39 is 10.8 Å². The highest BCUT2D eigenvalue weighted by Gasteiger charge is 2.20. The van der Waals surface area contributed by atoms with Crippen LogP contribution in [-0.4, -0.2) is 25.4 Å². The number of thiophene rings is 1. The molecule has 0 fully saturated rings. The van der Waals surface area contributed by atoms with E-state index in [2.05, 4.69) is 15.4 Å². The third-order valence-corrected chi connectivity index (χ3v) is 4.66. The molecule has 1 aromatic carbocycles. The number of anilines is 1. The fourth-order valence-electron chi connectivity index (χ4n) is 2.59. The number of carbonyl (C=O) groups is 1. The number of aromatic nitrogens is 3. The summed E-state index contributed by atoms with van der Waals surface area (Å²) >= 11 is 1.55. The summed E-state index contributed by atoms with van der Waals surface area (Å²) in [6, 6.07) is 11.7. The molecule has 3 heterocycles. The van der Waals surface area contributed by atoms with Crippen LogP contribution in [0.3, 0.4) is 0 Å². The van der Waals surface area contributed by atoms with Gasteiger partial charge in [0.2, 0.25) is 0 Å². The number of nitrogens with zero attached hydrogens (tertiary/aromatic N) is 4. The summed E-state index contributed by atoms with van der Waals surface area (Å²) < 4.78 is 1.58. The van der Waals surface area contributed by atoms with Crippen molar-refractivity contribution in [1.29, 1.82) is 0 Å². The molecule has 0 aliphatic carbocycles. The number of nitrogens with one attached hydrogen (secondary N) is 1. The molecule has 8 nitrogen and oxygen atoms in total. The smallest absolute Gasteiger partial charge is 0.292 e. The molecule has 0 atom stereocenters. The van der Waals surface area contributed by atoms with Gasteiger partial charge >= 0.3 is 0 Å². The molecule has 9 heteroatoms. The minimum atomic E-state index is -0.543. The molecule has 1 amide bonds. The largest absolute Gasteiger partial charge is 0.316 e. The number of hydrogen-bond donors (Lipinski definition) is 1. The molecular weight excluding hydrogens is 354 g/mol. The first kappa shape index (κ1) is 15.9. The predicted molar refractivity (Wildman–Crippen MR) is 97.3 cm³/mol. The number of benzene rings is 1. The maximum absolute atomic E-state index is 12.6. The predicted octanol–water partition coefficient (Wildman–Crippen LogP) is 3.62. The van der Waals surface area contributed by atoms with Crippen LogP contribution in [0.15, 0.2) is 60.2 Å². The highest BCUT2D eigenvalue weighted by atomic mass is 32.1. The maximum Gasteiger partial charge on any atom is 0.292 e. The lowest BCUT2D eigenvalue weighted by Crippen LogP contribution is -2.13. The van der Waals surface area contributed by atoms with Crippen LogP contribution in [0.1, 0.15) is 10.4 Å². The first-order valence-corrected chi connectivity index (χ1v) is 8.44. The number of carbonyl (C=O) groups excluding carboxylic acids is 1. The molecule has 0 aliphatic heterocycles. The fourth-order valence-corrected chi connectivity index (χ4v) is 3.33. The fraction of sp³-hybridized carbons (Fsp3) is 0. The summed E-state index contributed by atoms with van der Waals surface area (Å²) in [7, 11) is 0. The quantitative estimate of drug-likeness (QED) is 0.439. The Bertz CT molecular complexity index is 1120. The van der Waals surface area contributed by atoms with Crippen LogP contribution < -0.4 is 5.32 Å². The van der Waals surface area contributed by atoms with Gasteiger partial charge in [-0.25, -0.2) is 9.50 Å². The number of rotatable bonds is 4. The van der Waals surface area contributed by atoms with E-state index in [1.165, 1.54) is 24.4 Å². The molecule has 128 valence electrons. The Morgan fingerprint density at radius 2 is 2.04 bits per heavy atom.